The Bertz CT molecular complexity index is 592. The molecule has 0 unspecified atom stereocenters. The maximum absolute atomic E-state index is 11.1. The molecule has 1 aromatic heterocycles. The average molecular weight is 244 g/mol. The molecule has 0 spiro atoms. The van der Waals surface area contributed by atoms with Crippen molar-refractivity contribution >= 4 is 5.82 Å². The maximum Gasteiger partial charge on any atom is 0.363 e. The van der Waals surface area contributed by atoms with Crippen LogP contribution in [0.2, 0.25) is 0 Å². The molecule has 0 aliphatic rings. The summed E-state index contributed by atoms with van der Waals surface area (Å²) >= 11 is 0. The molecule has 0 saturated heterocycles. The topological polar surface area (TPSA) is 70.7 Å². The van der Waals surface area contributed by atoms with Crippen molar-refractivity contribution in [1.82, 2.24) is 15.2 Å². The molecule has 1 aromatic carbocycles. The molecule has 0 bridgehead atoms. The van der Waals surface area contributed by atoms with E-state index in [1.807, 2.05) is 12.1 Å². The highest BCUT2D eigenvalue weighted by Gasteiger charge is 2.02. The molecule has 2 N–H and O–H groups in total. The van der Waals surface area contributed by atoms with Crippen molar-refractivity contribution in [3.8, 4) is 0 Å². The fraction of sp³-hybridized carbons (Fsp3) is 0.308. The smallest absolute Gasteiger partial charge is 0.363 e. The zero-order valence-electron chi connectivity index (χ0n) is 10.5. The van der Waals surface area contributed by atoms with Gasteiger partial charge in [-0.1, -0.05) is 24.3 Å². The van der Waals surface area contributed by atoms with Crippen LogP contribution in [-0.4, -0.2) is 21.7 Å². The van der Waals surface area contributed by atoms with Crippen LogP contribution < -0.4 is 11.0 Å². The van der Waals surface area contributed by atoms with Gasteiger partial charge in [-0.2, -0.15) is 10.1 Å². The first-order valence-corrected chi connectivity index (χ1v) is 5.88. The average Bonchev–Trinajstić information content (AvgIpc) is 2.36. The number of hydrogen-bond acceptors (Lipinski definition) is 4. The molecule has 2 rings (SSSR count). The Hall–Kier alpha value is -2.17. The molecule has 94 valence electrons. The summed E-state index contributed by atoms with van der Waals surface area (Å²) in [6, 6.07) is 8.25. The molecule has 0 atom stereocenters. The number of nitrogens with one attached hydrogen (secondary N) is 2. The molecule has 0 amide bonds. The number of aromatic amines is 1. The summed E-state index contributed by atoms with van der Waals surface area (Å²) in [5, 5.41) is 9.30. The summed E-state index contributed by atoms with van der Waals surface area (Å²) in [7, 11) is 0. The van der Waals surface area contributed by atoms with E-state index in [0.29, 0.717) is 11.5 Å². The van der Waals surface area contributed by atoms with Crippen LogP contribution in [0.25, 0.3) is 0 Å². The van der Waals surface area contributed by atoms with E-state index >= 15 is 0 Å². The normalized spacial score (nSPS) is 10.3. The Morgan fingerprint density at radius 3 is 2.83 bits per heavy atom. The summed E-state index contributed by atoms with van der Waals surface area (Å²) in [4.78, 5) is 14.9. The van der Waals surface area contributed by atoms with Crippen molar-refractivity contribution in [2.24, 2.45) is 0 Å². The highest BCUT2D eigenvalue weighted by molar-refractivity contribution is 5.38. The van der Waals surface area contributed by atoms with Crippen molar-refractivity contribution in [3.63, 3.8) is 0 Å². The van der Waals surface area contributed by atoms with Crippen LogP contribution in [0.15, 0.2) is 29.1 Å². The highest BCUT2D eigenvalue weighted by atomic mass is 16.1. The number of H-pyrrole nitrogens is 1. The zero-order chi connectivity index (χ0) is 13.0. The third-order valence-electron chi connectivity index (χ3n) is 2.82. The number of aromatic nitrogens is 3. The second-order valence-corrected chi connectivity index (χ2v) is 4.18. The van der Waals surface area contributed by atoms with E-state index < -0.39 is 5.69 Å². The molecule has 5 nitrogen and oxygen atoms in total. The Morgan fingerprint density at radius 2 is 2.06 bits per heavy atom. The number of anilines is 1. The number of aryl methyl sites for hydroxylation is 2. The predicted molar refractivity (Wildman–Crippen MR) is 70.8 cm³/mol. The number of nitrogens with zero attached hydrogens (tertiary/aromatic N) is 2. The van der Waals surface area contributed by atoms with Crippen LogP contribution in [-0.2, 0) is 6.42 Å². The quantitative estimate of drug-likeness (QED) is 0.853. The molecule has 0 aliphatic carbocycles. The number of benzene rings is 1. The van der Waals surface area contributed by atoms with Crippen LogP contribution in [0.1, 0.15) is 16.8 Å². The first-order valence-electron chi connectivity index (χ1n) is 5.88. The summed E-state index contributed by atoms with van der Waals surface area (Å²) in [5.41, 5.74) is 2.83. The minimum Gasteiger partial charge on any atom is -0.368 e. The van der Waals surface area contributed by atoms with Gasteiger partial charge in [-0.15, -0.1) is 0 Å². The lowest BCUT2D eigenvalue weighted by Gasteiger charge is -2.08. The van der Waals surface area contributed by atoms with E-state index in [1.165, 1.54) is 11.1 Å². The maximum atomic E-state index is 11.1. The van der Waals surface area contributed by atoms with Crippen LogP contribution in [0.4, 0.5) is 5.82 Å². The highest BCUT2D eigenvalue weighted by Crippen LogP contribution is 2.09. The lowest BCUT2D eigenvalue weighted by molar-refractivity contribution is 0.869. The first-order chi connectivity index (χ1) is 8.66. The molecule has 0 fully saturated rings. The zero-order valence-corrected chi connectivity index (χ0v) is 10.5. The Morgan fingerprint density at radius 1 is 1.28 bits per heavy atom. The lowest BCUT2D eigenvalue weighted by atomic mass is 10.1. The van der Waals surface area contributed by atoms with Gasteiger partial charge in [0.1, 0.15) is 5.69 Å². The molecule has 0 saturated carbocycles. The van der Waals surface area contributed by atoms with E-state index in [9.17, 15) is 4.79 Å². The Labute approximate surface area is 105 Å². The van der Waals surface area contributed by atoms with Crippen molar-refractivity contribution in [3.05, 3.63) is 51.6 Å². The Kier molecular flexibility index (Phi) is 3.72. The molecular weight excluding hydrogens is 228 g/mol. The minimum absolute atomic E-state index is 0.431. The minimum atomic E-state index is -0.431. The van der Waals surface area contributed by atoms with Gasteiger partial charge in [0.15, 0.2) is 5.82 Å². The third-order valence-corrected chi connectivity index (χ3v) is 2.82. The largest absolute Gasteiger partial charge is 0.368 e. The number of hydrogen-bond donors (Lipinski definition) is 2. The van der Waals surface area contributed by atoms with E-state index in [1.54, 1.807) is 6.92 Å². The summed E-state index contributed by atoms with van der Waals surface area (Å²) < 4.78 is 0. The van der Waals surface area contributed by atoms with Crippen LogP contribution in [0, 0.1) is 13.8 Å². The monoisotopic (exact) mass is 244 g/mol. The molecule has 0 radical (unpaired) electrons. The van der Waals surface area contributed by atoms with Gasteiger partial charge in [0.05, 0.1) is 0 Å². The molecule has 5 heteroatoms. The second kappa shape index (κ2) is 5.44. The van der Waals surface area contributed by atoms with E-state index in [0.717, 1.165) is 13.0 Å². The van der Waals surface area contributed by atoms with E-state index in [-0.39, 0.29) is 0 Å². The van der Waals surface area contributed by atoms with Crippen molar-refractivity contribution < 1.29 is 0 Å². The van der Waals surface area contributed by atoms with E-state index in [4.69, 9.17) is 0 Å². The van der Waals surface area contributed by atoms with Crippen molar-refractivity contribution in [2.75, 3.05) is 11.9 Å². The van der Waals surface area contributed by atoms with Gasteiger partial charge in [-0.3, -0.25) is 0 Å². The summed E-state index contributed by atoms with van der Waals surface area (Å²) in [6.07, 6.45) is 0.889. The fourth-order valence-electron chi connectivity index (χ4n) is 1.77. The molecular formula is C13H16N4O. The van der Waals surface area contributed by atoms with Crippen molar-refractivity contribution in [1.29, 1.82) is 0 Å². The lowest BCUT2D eigenvalue weighted by Crippen LogP contribution is -2.18. The van der Waals surface area contributed by atoms with Crippen LogP contribution >= 0.6 is 0 Å². The van der Waals surface area contributed by atoms with E-state index in [2.05, 4.69) is 39.6 Å². The summed E-state index contributed by atoms with van der Waals surface area (Å²) in [5.74, 6) is 0.548. The SMILES string of the molecule is Cc1ccccc1CCNc1nc(=O)[nH]nc1C. The van der Waals surface area contributed by atoms with Crippen molar-refractivity contribution in [2.45, 2.75) is 20.3 Å². The third kappa shape index (κ3) is 2.94. The van der Waals surface area contributed by atoms with Gasteiger partial charge in [0.2, 0.25) is 0 Å². The first kappa shape index (κ1) is 12.3. The van der Waals surface area contributed by atoms with Gasteiger partial charge >= 0.3 is 5.69 Å². The van der Waals surface area contributed by atoms with Gasteiger partial charge in [0.25, 0.3) is 0 Å². The fourth-order valence-corrected chi connectivity index (χ4v) is 1.77. The Balaban J connectivity index is 1.99. The van der Waals surface area contributed by atoms with Gasteiger partial charge in [-0.25, -0.2) is 9.89 Å². The summed E-state index contributed by atoms with van der Waals surface area (Å²) in [6.45, 7) is 4.62. The predicted octanol–water partition coefficient (Wildman–Crippen LogP) is 1.44. The molecule has 2 aromatic rings. The second-order valence-electron chi connectivity index (χ2n) is 4.18. The molecule has 1 heterocycles. The molecule has 0 aliphatic heterocycles. The number of rotatable bonds is 4. The van der Waals surface area contributed by atoms with Gasteiger partial charge in [-0.05, 0) is 31.4 Å². The van der Waals surface area contributed by atoms with Crippen LogP contribution in [0.3, 0.4) is 0 Å². The van der Waals surface area contributed by atoms with Gasteiger partial charge < -0.3 is 5.32 Å². The van der Waals surface area contributed by atoms with Crippen LogP contribution in [0.5, 0.6) is 0 Å². The standard InChI is InChI=1S/C13H16N4O/c1-9-5-3-4-6-11(9)7-8-14-12-10(2)16-17-13(18)15-12/h3-6H,7-8H2,1-2H3,(H2,14,15,17,18). The molecule has 18 heavy (non-hydrogen) atoms. The van der Waals surface area contributed by atoms with Gasteiger partial charge in [0, 0.05) is 6.54 Å².